The number of esters is 1. The third-order valence-electron chi connectivity index (χ3n) is 9.46. The SMILES string of the molecule is CC/C=C/C/C=C/C/C=C/CCCCCCCC(=O)O[C@H](CO/C=C/CCCCCCCCCCCCCCCCCC)COP(=O)([O-])OCC[N+](C)(C)C. The lowest BCUT2D eigenvalue weighted by Gasteiger charge is -2.28. The number of ether oxygens (including phenoxy) is 2. The topological polar surface area (TPSA) is 94.1 Å². The second-order valence-corrected chi connectivity index (χ2v) is 17.5. The van der Waals surface area contributed by atoms with E-state index in [1.165, 1.54) is 96.3 Å². The van der Waals surface area contributed by atoms with E-state index in [1.807, 2.05) is 27.2 Å². The van der Waals surface area contributed by atoms with E-state index in [4.69, 9.17) is 18.5 Å². The molecule has 8 nitrogen and oxygen atoms in total. The number of nitrogens with zero attached hydrogens (tertiary/aromatic N) is 1. The van der Waals surface area contributed by atoms with Crippen LogP contribution in [-0.2, 0) is 27.9 Å². The molecule has 0 aliphatic rings. The zero-order chi connectivity index (χ0) is 40.6. The van der Waals surface area contributed by atoms with Crippen molar-refractivity contribution in [2.24, 2.45) is 0 Å². The number of unbranched alkanes of at least 4 members (excludes halogenated alkanes) is 21. The van der Waals surface area contributed by atoms with Crippen molar-refractivity contribution < 1.29 is 37.3 Å². The van der Waals surface area contributed by atoms with Gasteiger partial charge in [0.15, 0.2) is 6.10 Å². The van der Waals surface area contributed by atoms with Crippen LogP contribution in [0.25, 0.3) is 0 Å². The molecule has 1 unspecified atom stereocenters. The first-order valence-electron chi connectivity index (χ1n) is 22.4. The Balaban J connectivity index is 4.28. The molecule has 0 aliphatic carbocycles. The van der Waals surface area contributed by atoms with Crippen molar-refractivity contribution in [1.82, 2.24) is 0 Å². The van der Waals surface area contributed by atoms with Gasteiger partial charge in [-0.2, -0.15) is 0 Å². The van der Waals surface area contributed by atoms with Gasteiger partial charge in [0.05, 0.1) is 34.0 Å². The van der Waals surface area contributed by atoms with E-state index in [0.29, 0.717) is 11.0 Å². The Morgan fingerprint density at radius 3 is 1.60 bits per heavy atom. The van der Waals surface area contributed by atoms with Crippen LogP contribution in [0.15, 0.2) is 48.8 Å². The molecule has 0 heterocycles. The van der Waals surface area contributed by atoms with E-state index >= 15 is 0 Å². The molecule has 0 spiro atoms. The molecule has 0 rings (SSSR count). The summed E-state index contributed by atoms with van der Waals surface area (Å²) in [5.41, 5.74) is 0. The molecule has 0 aromatic carbocycles. The first kappa shape index (κ1) is 53.3. The van der Waals surface area contributed by atoms with Gasteiger partial charge in [0.1, 0.15) is 19.8 Å². The quantitative estimate of drug-likeness (QED) is 0.0152. The molecule has 0 fully saturated rings. The normalized spacial score (nSPS) is 14.1. The number of allylic oxidation sites excluding steroid dienone is 7. The highest BCUT2D eigenvalue weighted by atomic mass is 31.2. The fraction of sp³-hybridized carbons (Fsp3) is 0.804. The van der Waals surface area contributed by atoms with E-state index in [-0.39, 0.29) is 32.2 Å². The van der Waals surface area contributed by atoms with Crippen molar-refractivity contribution >= 4 is 13.8 Å². The molecule has 0 bridgehead atoms. The molecule has 0 aromatic rings. The summed E-state index contributed by atoms with van der Waals surface area (Å²) in [7, 11) is 1.31. The lowest BCUT2D eigenvalue weighted by molar-refractivity contribution is -0.870. The van der Waals surface area contributed by atoms with Crippen LogP contribution in [0, 0.1) is 0 Å². The second-order valence-electron chi connectivity index (χ2n) is 16.1. The standard InChI is InChI=1S/C46H86NO7P/c1-6-8-10-12-14-16-18-20-22-23-24-26-28-30-32-34-36-38-41-51-43-45(44-53-55(49,50)52-42-40-47(3,4)5)54-46(48)39-37-35-33-31-29-27-25-21-19-17-15-13-11-9-7-2/h9,11,15,17,21,25,38,41,45H,6-8,10,12-14,16,18-20,22-24,26-37,39-40,42-44H2,1-5H3/b11-9+,17-15+,25-21+,41-38+/t45-/m1/s1. The average molecular weight is 796 g/mol. The Morgan fingerprint density at radius 1 is 0.600 bits per heavy atom. The van der Waals surface area contributed by atoms with Crippen LogP contribution in [0.4, 0.5) is 0 Å². The molecule has 0 N–H and O–H groups in total. The van der Waals surface area contributed by atoms with Crippen molar-refractivity contribution in [2.75, 3.05) is 47.5 Å². The van der Waals surface area contributed by atoms with Crippen LogP contribution in [-0.4, -0.2) is 64.1 Å². The van der Waals surface area contributed by atoms with Gasteiger partial charge in [0.2, 0.25) is 0 Å². The van der Waals surface area contributed by atoms with Gasteiger partial charge < -0.3 is 27.9 Å². The number of quaternary nitrogens is 1. The fourth-order valence-electron chi connectivity index (χ4n) is 6.00. The number of hydrogen-bond acceptors (Lipinski definition) is 7. The molecule has 0 aliphatic heterocycles. The minimum Gasteiger partial charge on any atom is -0.756 e. The van der Waals surface area contributed by atoms with Gasteiger partial charge in [-0.25, -0.2) is 0 Å². The molecule has 55 heavy (non-hydrogen) atoms. The highest BCUT2D eigenvalue weighted by Crippen LogP contribution is 2.38. The van der Waals surface area contributed by atoms with Crippen molar-refractivity contribution in [2.45, 2.75) is 193 Å². The lowest BCUT2D eigenvalue weighted by atomic mass is 10.0. The van der Waals surface area contributed by atoms with Crippen LogP contribution >= 0.6 is 7.82 Å². The van der Waals surface area contributed by atoms with Gasteiger partial charge >= 0.3 is 5.97 Å². The van der Waals surface area contributed by atoms with Gasteiger partial charge in [-0.1, -0.05) is 166 Å². The van der Waals surface area contributed by atoms with Crippen molar-refractivity contribution in [3.8, 4) is 0 Å². The van der Waals surface area contributed by atoms with Gasteiger partial charge in [-0.05, 0) is 57.4 Å². The predicted octanol–water partition coefficient (Wildman–Crippen LogP) is 12.9. The first-order chi connectivity index (χ1) is 26.6. The van der Waals surface area contributed by atoms with E-state index in [9.17, 15) is 14.3 Å². The monoisotopic (exact) mass is 796 g/mol. The Hall–Kier alpha value is -1.70. The second kappa shape index (κ2) is 39.1. The number of carbonyl (C=O) groups is 1. The maximum absolute atomic E-state index is 12.7. The summed E-state index contributed by atoms with van der Waals surface area (Å²) < 4.78 is 34.3. The summed E-state index contributed by atoms with van der Waals surface area (Å²) >= 11 is 0. The number of likely N-dealkylation sites (N-methyl/N-ethyl adjacent to an activating group) is 1. The predicted molar refractivity (Wildman–Crippen MR) is 231 cm³/mol. The summed E-state index contributed by atoms with van der Waals surface area (Å²) in [5, 5.41) is 0. The number of hydrogen-bond donors (Lipinski definition) is 0. The maximum Gasteiger partial charge on any atom is 0.306 e. The minimum absolute atomic E-state index is 0.0121. The van der Waals surface area contributed by atoms with Crippen LogP contribution in [0.5, 0.6) is 0 Å². The molecule has 2 atom stereocenters. The number of phosphoric acid groups is 1. The molecule has 322 valence electrons. The highest BCUT2D eigenvalue weighted by Gasteiger charge is 2.20. The number of rotatable bonds is 41. The van der Waals surface area contributed by atoms with Gasteiger partial charge in [0.25, 0.3) is 7.82 Å². The third-order valence-corrected chi connectivity index (χ3v) is 10.4. The number of carbonyl (C=O) groups excluding carboxylic acids is 1. The molecule has 0 saturated heterocycles. The Morgan fingerprint density at radius 2 is 1.07 bits per heavy atom. The van der Waals surface area contributed by atoms with Crippen LogP contribution in [0.1, 0.15) is 187 Å². The maximum atomic E-state index is 12.7. The molecule has 9 heteroatoms. The molecule has 0 aromatic heterocycles. The van der Waals surface area contributed by atoms with Crippen molar-refractivity contribution in [3.05, 3.63) is 48.8 Å². The van der Waals surface area contributed by atoms with Gasteiger partial charge in [0, 0.05) is 6.42 Å². The zero-order valence-corrected chi connectivity index (χ0v) is 37.3. The van der Waals surface area contributed by atoms with Gasteiger partial charge in [-0.15, -0.1) is 0 Å². The smallest absolute Gasteiger partial charge is 0.306 e. The summed E-state index contributed by atoms with van der Waals surface area (Å²) in [6, 6.07) is 0. The first-order valence-corrected chi connectivity index (χ1v) is 23.9. The molecule has 0 amide bonds. The van der Waals surface area contributed by atoms with E-state index < -0.39 is 13.9 Å². The summed E-state index contributed by atoms with van der Waals surface area (Å²) in [5.74, 6) is -0.373. The largest absolute Gasteiger partial charge is 0.756 e. The van der Waals surface area contributed by atoms with Crippen molar-refractivity contribution in [3.63, 3.8) is 0 Å². The van der Waals surface area contributed by atoms with E-state index in [2.05, 4.69) is 50.3 Å². The number of phosphoric ester groups is 1. The average Bonchev–Trinajstić information content (AvgIpc) is 3.13. The lowest BCUT2D eigenvalue weighted by Crippen LogP contribution is -2.37. The van der Waals surface area contributed by atoms with E-state index in [1.54, 1.807) is 6.26 Å². The van der Waals surface area contributed by atoms with Crippen molar-refractivity contribution in [1.29, 1.82) is 0 Å². The van der Waals surface area contributed by atoms with Crippen LogP contribution in [0.3, 0.4) is 0 Å². The van der Waals surface area contributed by atoms with Gasteiger partial charge in [-0.3, -0.25) is 9.36 Å². The molecular weight excluding hydrogens is 709 g/mol. The highest BCUT2D eigenvalue weighted by molar-refractivity contribution is 7.45. The summed E-state index contributed by atoms with van der Waals surface area (Å²) in [6.45, 7) is 4.61. The molecule has 0 radical (unpaired) electrons. The summed E-state index contributed by atoms with van der Waals surface area (Å²) in [4.78, 5) is 25.0. The third kappa shape index (κ3) is 43.3. The fourth-order valence-corrected chi connectivity index (χ4v) is 6.73. The van der Waals surface area contributed by atoms with E-state index in [0.717, 1.165) is 70.6 Å². The summed E-state index contributed by atoms with van der Waals surface area (Å²) in [6.07, 6.45) is 47.9. The zero-order valence-electron chi connectivity index (χ0n) is 36.4. The Bertz CT molecular complexity index is 1020. The minimum atomic E-state index is -4.55. The Kier molecular flexibility index (Phi) is 37.9. The molecular formula is C46H86NO7P. The van der Waals surface area contributed by atoms with Crippen LogP contribution in [0.2, 0.25) is 0 Å². The Labute approximate surface area is 339 Å². The van der Waals surface area contributed by atoms with Crippen LogP contribution < -0.4 is 4.89 Å². The molecule has 0 saturated carbocycles.